The fourth-order valence-electron chi connectivity index (χ4n) is 2.55. The molecule has 1 aliphatic rings. The molecule has 0 bridgehead atoms. The molecule has 0 aromatic heterocycles. The first-order chi connectivity index (χ1) is 13.0. The minimum Gasteiger partial charge on any atom is -0.463 e. The smallest absolute Gasteiger partial charge is 0.323 e. The van der Waals surface area contributed by atoms with E-state index in [1.54, 1.807) is 0 Å². The van der Waals surface area contributed by atoms with Crippen molar-refractivity contribution in [1.82, 2.24) is 5.32 Å². The van der Waals surface area contributed by atoms with E-state index in [-0.39, 0.29) is 0 Å². The largest absolute Gasteiger partial charge is 0.463 e. The number of hydrogen-bond acceptors (Lipinski definition) is 10. The van der Waals surface area contributed by atoms with Crippen molar-refractivity contribution in [3.05, 3.63) is 0 Å². The van der Waals surface area contributed by atoms with E-state index in [2.05, 4.69) is 5.32 Å². The summed E-state index contributed by atoms with van der Waals surface area (Å²) >= 11 is 5.44. The van der Waals surface area contributed by atoms with Gasteiger partial charge in [-0.2, -0.15) is 0 Å². The number of ether oxygens (including phenoxy) is 5. The number of hydrogen-bond donors (Lipinski definition) is 1. The van der Waals surface area contributed by atoms with E-state index >= 15 is 0 Å². The van der Waals surface area contributed by atoms with Crippen LogP contribution in [-0.2, 0) is 47.7 Å². The Morgan fingerprint density at radius 2 is 1.46 bits per heavy atom. The molecule has 1 rings (SSSR count). The van der Waals surface area contributed by atoms with Crippen molar-refractivity contribution >= 4 is 41.4 Å². The van der Waals surface area contributed by atoms with Gasteiger partial charge in [-0.05, 0) is 0 Å². The van der Waals surface area contributed by atoms with E-state index in [1.165, 1.54) is 6.92 Å². The molecule has 1 heterocycles. The fourth-order valence-corrected chi connectivity index (χ4v) is 2.62. The third kappa shape index (κ3) is 7.31. The Kier molecular flexibility index (Phi) is 9.13. The Morgan fingerprint density at radius 1 is 0.893 bits per heavy atom. The van der Waals surface area contributed by atoms with Crippen LogP contribution in [0.1, 0.15) is 27.7 Å². The average Bonchev–Trinajstić information content (AvgIpc) is 2.57. The second-order valence-electron chi connectivity index (χ2n) is 5.84. The third-order valence-corrected chi connectivity index (χ3v) is 3.65. The molecule has 0 saturated carbocycles. The summed E-state index contributed by atoms with van der Waals surface area (Å²) in [5.41, 5.74) is 0. The molecule has 1 N–H and O–H groups in total. The minimum atomic E-state index is -1.45. The fraction of sp³-hybridized carbons (Fsp3) is 0.688. The third-order valence-electron chi connectivity index (χ3n) is 3.43. The van der Waals surface area contributed by atoms with Crippen LogP contribution in [0.15, 0.2) is 0 Å². The highest BCUT2D eigenvalue weighted by atomic mass is 35.5. The molecule has 12 heteroatoms. The molecule has 0 aromatic rings. The molecule has 1 saturated heterocycles. The second-order valence-corrected chi connectivity index (χ2v) is 6.11. The number of carbonyl (C=O) groups excluding carboxylic acids is 5. The maximum atomic E-state index is 11.6. The van der Waals surface area contributed by atoms with Crippen LogP contribution in [0.25, 0.3) is 0 Å². The number of esters is 4. The molecule has 5 unspecified atom stereocenters. The van der Waals surface area contributed by atoms with Gasteiger partial charge in [0.2, 0.25) is 12.2 Å². The van der Waals surface area contributed by atoms with Crippen molar-refractivity contribution < 1.29 is 47.7 Å². The molecule has 1 amide bonds. The van der Waals surface area contributed by atoms with Crippen molar-refractivity contribution in [3.63, 3.8) is 0 Å². The Bertz CT molecular complexity index is 625. The van der Waals surface area contributed by atoms with Crippen LogP contribution in [0.5, 0.6) is 0 Å². The van der Waals surface area contributed by atoms with Crippen LogP contribution in [0.4, 0.5) is 0 Å². The van der Waals surface area contributed by atoms with Crippen molar-refractivity contribution in [1.29, 1.82) is 0 Å². The zero-order chi connectivity index (χ0) is 21.4. The first-order valence-electron chi connectivity index (χ1n) is 8.21. The quantitative estimate of drug-likeness (QED) is 0.321. The van der Waals surface area contributed by atoms with Gasteiger partial charge in [0, 0.05) is 27.7 Å². The molecule has 11 nitrogen and oxygen atoms in total. The van der Waals surface area contributed by atoms with Gasteiger partial charge in [0.15, 0.2) is 12.2 Å². The average molecular weight is 424 g/mol. The van der Waals surface area contributed by atoms with Crippen LogP contribution < -0.4 is 5.32 Å². The normalized spacial score (nSPS) is 26.5. The van der Waals surface area contributed by atoms with Crippen molar-refractivity contribution in [2.24, 2.45) is 0 Å². The highest BCUT2D eigenvalue weighted by molar-refractivity contribution is 6.26. The van der Waals surface area contributed by atoms with Gasteiger partial charge in [0.1, 0.15) is 24.6 Å². The topological polar surface area (TPSA) is 144 Å². The molecule has 0 aliphatic carbocycles. The number of amides is 1. The van der Waals surface area contributed by atoms with Gasteiger partial charge in [-0.1, -0.05) is 0 Å². The summed E-state index contributed by atoms with van der Waals surface area (Å²) in [6, 6.07) is -1.22. The second kappa shape index (κ2) is 10.8. The summed E-state index contributed by atoms with van der Waals surface area (Å²) in [7, 11) is 0. The standard InChI is InChI=1S/C16H22ClNO10/c1-7(19)18-13-15(26-10(4)22)14(25-9(3)21)11(6-24-8(2)20)27-16(13)28-12(23)5-17/h11,13-16H,5-6H2,1-4H3,(H,18,19). The summed E-state index contributed by atoms with van der Waals surface area (Å²) in [5.74, 6) is -4.08. The Labute approximate surface area is 165 Å². The Morgan fingerprint density at radius 3 is 1.93 bits per heavy atom. The van der Waals surface area contributed by atoms with Crippen molar-refractivity contribution in [2.45, 2.75) is 58.3 Å². The maximum Gasteiger partial charge on any atom is 0.323 e. The van der Waals surface area contributed by atoms with Gasteiger partial charge in [0.25, 0.3) is 0 Å². The monoisotopic (exact) mass is 423 g/mol. The molecule has 1 aliphatic heterocycles. The van der Waals surface area contributed by atoms with Gasteiger partial charge in [-0.15, -0.1) is 11.6 Å². The molecular weight excluding hydrogens is 402 g/mol. The molecule has 1 fully saturated rings. The number of rotatable bonds is 7. The zero-order valence-corrected chi connectivity index (χ0v) is 16.5. The van der Waals surface area contributed by atoms with E-state index < -0.39 is 72.9 Å². The zero-order valence-electron chi connectivity index (χ0n) is 15.8. The van der Waals surface area contributed by atoms with E-state index in [9.17, 15) is 24.0 Å². The molecule has 0 spiro atoms. The minimum absolute atomic E-state index is 0.396. The van der Waals surface area contributed by atoms with Crippen LogP contribution >= 0.6 is 11.6 Å². The number of halogens is 1. The van der Waals surface area contributed by atoms with Gasteiger partial charge in [-0.25, -0.2) is 0 Å². The Hall–Kier alpha value is -2.40. The van der Waals surface area contributed by atoms with Crippen molar-refractivity contribution in [2.75, 3.05) is 12.5 Å². The number of alkyl halides is 1. The molecule has 0 radical (unpaired) electrons. The van der Waals surface area contributed by atoms with Crippen LogP contribution in [0, 0.1) is 0 Å². The lowest BCUT2D eigenvalue weighted by Gasteiger charge is -2.44. The van der Waals surface area contributed by atoms with Gasteiger partial charge in [0.05, 0.1) is 0 Å². The van der Waals surface area contributed by atoms with Gasteiger partial charge < -0.3 is 29.0 Å². The Balaban J connectivity index is 3.30. The predicted octanol–water partition coefficient (Wildman–Crippen LogP) is -0.575. The summed E-state index contributed by atoms with van der Waals surface area (Å²) in [4.78, 5) is 57.6. The van der Waals surface area contributed by atoms with Crippen LogP contribution in [0.2, 0.25) is 0 Å². The first-order valence-corrected chi connectivity index (χ1v) is 8.74. The maximum absolute atomic E-state index is 11.6. The van der Waals surface area contributed by atoms with E-state index in [0.717, 1.165) is 20.8 Å². The highest BCUT2D eigenvalue weighted by Gasteiger charge is 2.52. The molecular formula is C16H22ClNO10. The summed E-state index contributed by atoms with van der Waals surface area (Å²) in [6.07, 6.45) is -5.17. The number of nitrogens with one attached hydrogen (secondary N) is 1. The van der Waals surface area contributed by atoms with Crippen LogP contribution in [0.3, 0.4) is 0 Å². The van der Waals surface area contributed by atoms with E-state index in [1.807, 2.05) is 0 Å². The summed E-state index contributed by atoms with van der Waals surface area (Å²) in [6.45, 7) is 4.15. The lowest BCUT2D eigenvalue weighted by molar-refractivity contribution is -0.270. The first kappa shape index (κ1) is 23.6. The van der Waals surface area contributed by atoms with E-state index in [4.69, 9.17) is 35.3 Å². The van der Waals surface area contributed by atoms with Gasteiger partial charge >= 0.3 is 23.9 Å². The number of carbonyl (C=O) groups is 5. The molecule has 0 aromatic carbocycles. The molecule has 28 heavy (non-hydrogen) atoms. The predicted molar refractivity (Wildman–Crippen MR) is 90.8 cm³/mol. The molecule has 158 valence electrons. The van der Waals surface area contributed by atoms with Crippen molar-refractivity contribution in [3.8, 4) is 0 Å². The van der Waals surface area contributed by atoms with E-state index in [0.29, 0.717) is 0 Å². The lowest BCUT2D eigenvalue weighted by Crippen LogP contribution is -2.66. The van der Waals surface area contributed by atoms with Gasteiger partial charge in [-0.3, -0.25) is 24.0 Å². The lowest BCUT2D eigenvalue weighted by atomic mass is 9.96. The highest BCUT2D eigenvalue weighted by Crippen LogP contribution is 2.28. The SMILES string of the molecule is CC(=O)NC1C(OC(=O)CCl)OC(COC(C)=O)C(OC(C)=O)C1OC(C)=O. The molecule has 5 atom stereocenters. The van der Waals surface area contributed by atoms with Crippen LogP contribution in [-0.4, -0.2) is 72.9 Å². The summed E-state index contributed by atoms with van der Waals surface area (Å²) < 4.78 is 26.0. The summed E-state index contributed by atoms with van der Waals surface area (Å²) in [5, 5.41) is 2.44.